The van der Waals surface area contributed by atoms with Crippen LogP contribution in [0.2, 0.25) is 0 Å². The first-order valence-corrected chi connectivity index (χ1v) is 5.54. The number of benzene rings is 1. The lowest BCUT2D eigenvalue weighted by molar-refractivity contribution is -0.137. The summed E-state index contributed by atoms with van der Waals surface area (Å²) >= 11 is 0. The van der Waals surface area contributed by atoms with Crippen LogP contribution in [0.1, 0.15) is 22.9 Å². The zero-order chi connectivity index (χ0) is 14.8. The van der Waals surface area contributed by atoms with E-state index in [1.807, 2.05) is 0 Å². The number of aromatic nitrogens is 2. The summed E-state index contributed by atoms with van der Waals surface area (Å²) in [5, 5.41) is 19.0. The Kier molecular flexibility index (Phi) is 3.61. The van der Waals surface area contributed by atoms with Crippen molar-refractivity contribution >= 4 is 5.69 Å². The summed E-state index contributed by atoms with van der Waals surface area (Å²) in [4.78, 5) is 0. The smallest absolute Gasteiger partial charge is 0.416 e. The second-order valence-corrected chi connectivity index (χ2v) is 3.94. The first-order valence-electron chi connectivity index (χ1n) is 5.54. The molecule has 0 fully saturated rings. The molecular weight excluding hydrogens is 273 g/mol. The molecule has 0 amide bonds. The van der Waals surface area contributed by atoms with Crippen LogP contribution in [-0.4, -0.2) is 10.2 Å². The van der Waals surface area contributed by atoms with Crippen molar-refractivity contribution in [2.24, 2.45) is 0 Å². The molecule has 5 nitrogen and oxygen atoms in total. The second kappa shape index (κ2) is 5.21. The minimum Gasteiger partial charge on any atom is -0.424 e. The summed E-state index contributed by atoms with van der Waals surface area (Å²) in [6.45, 7) is 1.75. The average molecular weight is 282 g/mol. The predicted molar refractivity (Wildman–Crippen MR) is 62.5 cm³/mol. The van der Waals surface area contributed by atoms with Crippen molar-refractivity contribution in [3.05, 3.63) is 41.1 Å². The fourth-order valence-corrected chi connectivity index (χ4v) is 1.55. The van der Waals surface area contributed by atoms with Gasteiger partial charge in [0.1, 0.15) is 6.07 Å². The van der Waals surface area contributed by atoms with E-state index in [4.69, 9.17) is 9.68 Å². The van der Waals surface area contributed by atoms with Crippen LogP contribution >= 0.6 is 0 Å². The van der Waals surface area contributed by atoms with Crippen molar-refractivity contribution in [1.82, 2.24) is 10.2 Å². The van der Waals surface area contributed by atoms with Gasteiger partial charge in [0.15, 0.2) is 0 Å². The number of rotatable bonds is 3. The number of nitrogens with one attached hydrogen (secondary N) is 1. The molecule has 1 aromatic heterocycles. The van der Waals surface area contributed by atoms with Gasteiger partial charge in [0.2, 0.25) is 11.8 Å². The normalized spacial score (nSPS) is 11.2. The molecule has 0 saturated heterocycles. The molecule has 20 heavy (non-hydrogen) atoms. The Bertz CT molecular complexity index is 657. The Morgan fingerprint density at radius 3 is 2.65 bits per heavy atom. The monoisotopic (exact) mass is 282 g/mol. The Morgan fingerprint density at radius 2 is 2.10 bits per heavy atom. The summed E-state index contributed by atoms with van der Waals surface area (Å²) < 4.78 is 42.7. The van der Waals surface area contributed by atoms with Crippen molar-refractivity contribution < 1.29 is 17.6 Å². The molecule has 0 saturated carbocycles. The maximum atomic E-state index is 12.5. The second-order valence-electron chi connectivity index (χ2n) is 3.94. The van der Waals surface area contributed by atoms with Crippen molar-refractivity contribution in [2.45, 2.75) is 19.6 Å². The Balaban J connectivity index is 2.18. The van der Waals surface area contributed by atoms with Crippen LogP contribution in [0.3, 0.4) is 0 Å². The highest BCUT2D eigenvalue weighted by Crippen LogP contribution is 2.31. The molecule has 1 heterocycles. The fourth-order valence-electron chi connectivity index (χ4n) is 1.55. The summed E-state index contributed by atoms with van der Waals surface area (Å²) in [6, 6.07) is 4.62. The minimum absolute atomic E-state index is 0.101. The Hall–Kier alpha value is -2.56. The molecule has 0 bridgehead atoms. The maximum absolute atomic E-state index is 12.5. The van der Waals surface area contributed by atoms with Gasteiger partial charge in [-0.1, -0.05) is 0 Å². The van der Waals surface area contributed by atoms with Gasteiger partial charge in [-0.05, 0) is 18.2 Å². The third-order valence-electron chi connectivity index (χ3n) is 2.47. The third kappa shape index (κ3) is 3.06. The molecule has 0 spiro atoms. The maximum Gasteiger partial charge on any atom is 0.416 e. The van der Waals surface area contributed by atoms with Crippen LogP contribution in [0.25, 0.3) is 0 Å². The minimum atomic E-state index is -4.48. The highest BCUT2D eigenvalue weighted by atomic mass is 19.4. The van der Waals surface area contributed by atoms with Crippen LogP contribution in [-0.2, 0) is 12.7 Å². The molecule has 1 N–H and O–H groups in total. The summed E-state index contributed by atoms with van der Waals surface area (Å²) in [5.41, 5.74) is -0.694. The average Bonchev–Trinajstić information content (AvgIpc) is 2.81. The predicted octanol–water partition coefficient (Wildman–Crippen LogP) is 2.88. The Morgan fingerprint density at radius 1 is 1.35 bits per heavy atom. The van der Waals surface area contributed by atoms with Gasteiger partial charge in [0.05, 0.1) is 23.4 Å². The Labute approximate surface area is 112 Å². The number of hydrogen-bond donors (Lipinski definition) is 1. The zero-order valence-electron chi connectivity index (χ0n) is 10.3. The van der Waals surface area contributed by atoms with Gasteiger partial charge in [-0.15, -0.1) is 10.2 Å². The molecule has 2 aromatic rings. The lowest BCUT2D eigenvalue weighted by Crippen LogP contribution is -2.07. The van der Waals surface area contributed by atoms with Gasteiger partial charge in [-0.2, -0.15) is 18.4 Å². The lowest BCUT2D eigenvalue weighted by Gasteiger charge is -2.10. The molecule has 8 heteroatoms. The van der Waals surface area contributed by atoms with Crippen molar-refractivity contribution in [1.29, 1.82) is 5.26 Å². The van der Waals surface area contributed by atoms with E-state index in [9.17, 15) is 13.2 Å². The molecular formula is C12H9F3N4O. The molecule has 0 aliphatic carbocycles. The molecule has 0 aliphatic rings. The van der Waals surface area contributed by atoms with Crippen LogP contribution in [0.4, 0.5) is 18.9 Å². The van der Waals surface area contributed by atoms with Gasteiger partial charge in [-0.3, -0.25) is 0 Å². The van der Waals surface area contributed by atoms with E-state index in [0.717, 1.165) is 12.1 Å². The van der Waals surface area contributed by atoms with E-state index in [2.05, 4.69) is 15.5 Å². The fraction of sp³-hybridized carbons (Fsp3) is 0.250. The standard InChI is InChI=1S/C12H9F3N4O/c1-7-18-19-11(20-7)6-17-10-3-2-9(12(13,14)15)4-8(10)5-16/h2-4,17H,6H2,1H3. The number of anilines is 1. The van der Waals surface area contributed by atoms with Crippen LogP contribution in [0, 0.1) is 18.3 Å². The molecule has 0 radical (unpaired) electrons. The summed E-state index contributed by atoms with van der Waals surface area (Å²) in [5.74, 6) is 0.668. The van der Waals surface area contributed by atoms with Crippen LogP contribution in [0.15, 0.2) is 22.6 Å². The number of nitrogens with zero attached hydrogens (tertiary/aromatic N) is 3. The number of aryl methyl sites for hydroxylation is 1. The molecule has 2 rings (SSSR count). The number of alkyl halides is 3. The zero-order valence-corrected chi connectivity index (χ0v) is 10.3. The molecule has 0 unspecified atom stereocenters. The van der Waals surface area contributed by atoms with E-state index in [1.54, 1.807) is 13.0 Å². The van der Waals surface area contributed by atoms with Gasteiger partial charge in [0, 0.05) is 6.92 Å². The molecule has 0 atom stereocenters. The van der Waals surface area contributed by atoms with Crippen LogP contribution < -0.4 is 5.32 Å². The molecule has 1 aromatic carbocycles. The van der Waals surface area contributed by atoms with E-state index in [1.165, 1.54) is 6.07 Å². The topological polar surface area (TPSA) is 74.7 Å². The van der Waals surface area contributed by atoms with E-state index >= 15 is 0 Å². The largest absolute Gasteiger partial charge is 0.424 e. The molecule has 104 valence electrons. The van der Waals surface area contributed by atoms with Crippen molar-refractivity contribution in [2.75, 3.05) is 5.32 Å². The third-order valence-corrected chi connectivity index (χ3v) is 2.47. The quantitative estimate of drug-likeness (QED) is 0.936. The highest BCUT2D eigenvalue weighted by molar-refractivity contribution is 5.58. The first kappa shape index (κ1) is 13.9. The van der Waals surface area contributed by atoms with Crippen molar-refractivity contribution in [3.63, 3.8) is 0 Å². The van der Waals surface area contributed by atoms with Crippen molar-refractivity contribution in [3.8, 4) is 6.07 Å². The van der Waals surface area contributed by atoms with Gasteiger partial charge < -0.3 is 9.73 Å². The van der Waals surface area contributed by atoms with E-state index in [-0.39, 0.29) is 23.7 Å². The van der Waals surface area contributed by atoms with Gasteiger partial charge >= 0.3 is 6.18 Å². The van der Waals surface area contributed by atoms with E-state index < -0.39 is 11.7 Å². The van der Waals surface area contributed by atoms with Gasteiger partial charge in [-0.25, -0.2) is 0 Å². The first-order chi connectivity index (χ1) is 9.40. The van der Waals surface area contributed by atoms with Gasteiger partial charge in [0.25, 0.3) is 0 Å². The number of halogens is 3. The SMILES string of the molecule is Cc1nnc(CNc2ccc(C(F)(F)F)cc2C#N)o1. The lowest BCUT2D eigenvalue weighted by atomic mass is 10.1. The molecule has 0 aliphatic heterocycles. The van der Waals surface area contributed by atoms with E-state index in [0.29, 0.717) is 5.89 Å². The highest BCUT2D eigenvalue weighted by Gasteiger charge is 2.31. The number of hydrogen-bond acceptors (Lipinski definition) is 5. The summed E-state index contributed by atoms with van der Waals surface area (Å²) in [7, 11) is 0. The number of nitriles is 1. The summed E-state index contributed by atoms with van der Waals surface area (Å²) in [6.07, 6.45) is -4.48. The van der Waals surface area contributed by atoms with Crippen LogP contribution in [0.5, 0.6) is 0 Å².